The van der Waals surface area contributed by atoms with Gasteiger partial charge in [0.05, 0.1) is 19.7 Å². The average Bonchev–Trinajstić information content (AvgIpc) is 2.91. The minimum absolute atomic E-state index is 0.0208. The third-order valence-electron chi connectivity index (χ3n) is 4.57. The van der Waals surface area contributed by atoms with Crippen LogP contribution in [0.3, 0.4) is 0 Å². The highest BCUT2D eigenvalue weighted by molar-refractivity contribution is 5.87. The van der Waals surface area contributed by atoms with Crippen LogP contribution in [-0.2, 0) is 28.5 Å². The van der Waals surface area contributed by atoms with Crippen LogP contribution in [0.25, 0.3) is 6.08 Å². The molecule has 1 rings (SSSR count). The molecule has 210 valence electrons. The van der Waals surface area contributed by atoms with E-state index in [9.17, 15) is 19.2 Å². The van der Waals surface area contributed by atoms with Crippen molar-refractivity contribution in [2.75, 3.05) is 32.9 Å². The first-order valence-electron chi connectivity index (χ1n) is 12.3. The van der Waals surface area contributed by atoms with Crippen molar-refractivity contribution in [3.63, 3.8) is 0 Å². The van der Waals surface area contributed by atoms with Crippen LogP contribution in [0, 0.1) is 0 Å². The van der Waals surface area contributed by atoms with Gasteiger partial charge >= 0.3 is 24.1 Å². The van der Waals surface area contributed by atoms with E-state index < -0.39 is 24.1 Å². The lowest BCUT2D eigenvalue weighted by molar-refractivity contribution is -0.139. The number of benzene rings is 1. The number of carbonyl (C=O) groups excluding carboxylic acids is 4. The number of esters is 2. The second-order valence-corrected chi connectivity index (χ2v) is 8.01. The summed E-state index contributed by atoms with van der Waals surface area (Å²) in [6.45, 7) is 15.9. The Balaban J connectivity index is 0.00000144. The Morgan fingerprint density at radius 3 is 1.82 bits per heavy atom. The van der Waals surface area contributed by atoms with Crippen LogP contribution >= 0.6 is 0 Å². The summed E-state index contributed by atoms with van der Waals surface area (Å²) >= 11 is 0. The van der Waals surface area contributed by atoms with Gasteiger partial charge in [0.25, 0.3) is 0 Å². The fourth-order valence-corrected chi connectivity index (χ4v) is 2.50. The number of carbonyl (C=O) groups is 4. The first kappa shape index (κ1) is 33.9. The van der Waals surface area contributed by atoms with E-state index in [-0.39, 0.29) is 50.2 Å². The third kappa shape index (κ3) is 18.2. The summed E-state index contributed by atoms with van der Waals surface area (Å²) in [7, 11) is 0. The van der Waals surface area contributed by atoms with Crippen molar-refractivity contribution in [2.24, 2.45) is 0 Å². The van der Waals surface area contributed by atoms with E-state index in [0.717, 1.165) is 0 Å². The summed E-state index contributed by atoms with van der Waals surface area (Å²) in [6, 6.07) is 10.0. The third-order valence-corrected chi connectivity index (χ3v) is 4.57. The van der Waals surface area contributed by atoms with Crippen LogP contribution in [0.15, 0.2) is 61.2 Å². The molecule has 1 atom stereocenters. The molecule has 0 fully saturated rings. The van der Waals surface area contributed by atoms with Gasteiger partial charge in [0, 0.05) is 11.1 Å². The van der Waals surface area contributed by atoms with Gasteiger partial charge in [-0.05, 0) is 38.7 Å². The summed E-state index contributed by atoms with van der Waals surface area (Å²) in [5.74, 6) is -1.04. The molecule has 0 aliphatic heterocycles. The number of hydrogen-bond acceptors (Lipinski definition) is 8. The lowest BCUT2D eigenvalue weighted by atomic mass is 10.1. The Hall–Kier alpha value is -4.08. The monoisotopic (exact) mass is 532 g/mol. The summed E-state index contributed by atoms with van der Waals surface area (Å²) in [6.07, 6.45) is 1.86. The standard InChI is InChI=1S/C20H32N2O8.C8H8/c1-6-16(30-20(26)22-10-13-28-18(24)15(4)5)8-7-11-29-19(25)21-9-12-27-17(23)14(2)3;1-2-8-6-4-3-5-7-8/h16H,2,4,6-13H2,1,3,5H3,(H,21,25)(H,22,26);2-7H,1H2. The highest BCUT2D eigenvalue weighted by Gasteiger charge is 2.13. The number of amides is 2. The number of rotatable bonds is 15. The molecule has 0 radical (unpaired) electrons. The van der Waals surface area contributed by atoms with E-state index in [1.807, 2.05) is 43.3 Å². The van der Waals surface area contributed by atoms with E-state index in [2.05, 4.69) is 30.4 Å². The van der Waals surface area contributed by atoms with E-state index in [1.54, 1.807) is 0 Å². The molecule has 0 saturated heterocycles. The average molecular weight is 533 g/mol. The molecule has 0 heterocycles. The number of hydrogen-bond donors (Lipinski definition) is 2. The number of ether oxygens (including phenoxy) is 4. The fourth-order valence-electron chi connectivity index (χ4n) is 2.50. The normalized spacial score (nSPS) is 10.4. The second kappa shape index (κ2) is 21.0. The van der Waals surface area contributed by atoms with Crippen LogP contribution in [0.2, 0.25) is 0 Å². The summed E-state index contributed by atoms with van der Waals surface area (Å²) < 4.78 is 19.9. The van der Waals surface area contributed by atoms with Crippen LogP contribution in [0.4, 0.5) is 9.59 Å². The predicted octanol–water partition coefficient (Wildman–Crippen LogP) is 4.57. The quantitative estimate of drug-likeness (QED) is 0.145. The first-order chi connectivity index (χ1) is 18.1. The fraction of sp³-hybridized carbons (Fsp3) is 0.429. The van der Waals surface area contributed by atoms with Gasteiger partial charge in [0.15, 0.2) is 0 Å². The second-order valence-electron chi connectivity index (χ2n) is 8.01. The van der Waals surface area contributed by atoms with Gasteiger partial charge in [0.1, 0.15) is 19.3 Å². The van der Waals surface area contributed by atoms with Gasteiger partial charge in [0.2, 0.25) is 0 Å². The van der Waals surface area contributed by atoms with E-state index in [4.69, 9.17) is 18.9 Å². The van der Waals surface area contributed by atoms with E-state index >= 15 is 0 Å². The molecule has 1 aromatic carbocycles. The maximum Gasteiger partial charge on any atom is 0.407 e. The molecule has 0 aliphatic carbocycles. The van der Waals surface area contributed by atoms with Crippen molar-refractivity contribution in [3.05, 3.63) is 66.8 Å². The summed E-state index contributed by atoms with van der Waals surface area (Å²) in [4.78, 5) is 45.6. The zero-order valence-electron chi connectivity index (χ0n) is 22.6. The molecule has 1 unspecified atom stereocenters. The summed E-state index contributed by atoms with van der Waals surface area (Å²) in [5.41, 5.74) is 1.74. The summed E-state index contributed by atoms with van der Waals surface area (Å²) in [5, 5.41) is 4.94. The van der Waals surface area contributed by atoms with Crippen molar-refractivity contribution < 1.29 is 38.1 Å². The minimum Gasteiger partial charge on any atom is -0.460 e. The molecule has 2 amide bonds. The smallest absolute Gasteiger partial charge is 0.407 e. The van der Waals surface area contributed by atoms with Gasteiger partial charge in [-0.1, -0.05) is 63.1 Å². The Morgan fingerprint density at radius 2 is 1.37 bits per heavy atom. The van der Waals surface area contributed by atoms with Crippen molar-refractivity contribution in [2.45, 2.75) is 46.1 Å². The van der Waals surface area contributed by atoms with Gasteiger partial charge < -0.3 is 29.6 Å². The minimum atomic E-state index is -0.627. The van der Waals surface area contributed by atoms with Crippen molar-refractivity contribution in [3.8, 4) is 0 Å². The van der Waals surface area contributed by atoms with Gasteiger partial charge in [-0.2, -0.15) is 0 Å². The van der Waals surface area contributed by atoms with Crippen molar-refractivity contribution >= 4 is 30.2 Å². The molecule has 0 aliphatic rings. The van der Waals surface area contributed by atoms with Gasteiger partial charge in [-0.15, -0.1) is 0 Å². The van der Waals surface area contributed by atoms with Crippen molar-refractivity contribution in [1.29, 1.82) is 0 Å². The predicted molar refractivity (Wildman–Crippen MR) is 145 cm³/mol. The number of nitrogens with one attached hydrogen (secondary N) is 2. The lowest BCUT2D eigenvalue weighted by Crippen LogP contribution is -2.32. The maximum absolute atomic E-state index is 11.7. The zero-order valence-corrected chi connectivity index (χ0v) is 22.6. The molecular weight excluding hydrogens is 492 g/mol. The molecule has 0 aromatic heterocycles. The molecule has 10 heteroatoms. The molecule has 1 aromatic rings. The largest absolute Gasteiger partial charge is 0.460 e. The molecule has 0 saturated carbocycles. The van der Waals surface area contributed by atoms with Gasteiger partial charge in [-0.25, -0.2) is 19.2 Å². The highest BCUT2D eigenvalue weighted by Crippen LogP contribution is 2.07. The molecule has 0 bridgehead atoms. The topological polar surface area (TPSA) is 129 Å². The lowest BCUT2D eigenvalue weighted by Gasteiger charge is -2.16. The molecule has 2 N–H and O–H groups in total. The van der Waals surface area contributed by atoms with Crippen molar-refractivity contribution in [1.82, 2.24) is 10.6 Å². The van der Waals surface area contributed by atoms with Crippen LogP contribution < -0.4 is 10.6 Å². The van der Waals surface area contributed by atoms with E-state index in [0.29, 0.717) is 19.3 Å². The number of alkyl carbamates (subject to hydrolysis) is 2. The Kier molecular flexibility index (Phi) is 18.8. The van der Waals surface area contributed by atoms with E-state index in [1.165, 1.54) is 19.4 Å². The van der Waals surface area contributed by atoms with Crippen LogP contribution in [0.5, 0.6) is 0 Å². The highest BCUT2D eigenvalue weighted by atomic mass is 16.6. The SMILES string of the molecule is C=C(C)C(=O)OCCNC(=O)OCCCC(CC)OC(=O)NCCOC(=O)C(=C)C.C=Cc1ccccc1. The maximum atomic E-state index is 11.7. The van der Waals surface area contributed by atoms with Crippen LogP contribution in [0.1, 0.15) is 45.6 Å². The Bertz CT molecular complexity index is 915. The molecular formula is C28H40N2O8. The Labute approximate surface area is 225 Å². The van der Waals surface area contributed by atoms with Crippen LogP contribution in [-0.4, -0.2) is 63.1 Å². The molecule has 0 spiro atoms. The zero-order chi connectivity index (χ0) is 28.8. The Morgan fingerprint density at radius 1 is 0.842 bits per heavy atom. The van der Waals surface area contributed by atoms with Gasteiger partial charge in [-0.3, -0.25) is 0 Å². The first-order valence-corrected chi connectivity index (χ1v) is 12.3. The molecule has 10 nitrogen and oxygen atoms in total. The molecule has 38 heavy (non-hydrogen) atoms.